The van der Waals surface area contributed by atoms with Crippen LogP contribution in [0.15, 0.2) is 64.3 Å². The van der Waals surface area contributed by atoms with Gasteiger partial charge in [0.1, 0.15) is 10.1 Å². The van der Waals surface area contributed by atoms with Gasteiger partial charge in [-0.05, 0) is 47.9 Å². The SMILES string of the molecule is O=C1c2ccccc2Cc2cc3c(=O)c4cc(S(=O)(=O)[O-])ccc4[nH]c3cc21.[Na+]. The summed E-state index contributed by atoms with van der Waals surface area (Å²) in [5, 5.41) is 0.464. The Morgan fingerprint density at radius 3 is 2.31 bits per heavy atom. The fourth-order valence-corrected chi connectivity index (χ4v) is 4.30. The number of H-pyrrole nitrogens is 1. The van der Waals surface area contributed by atoms with Crippen LogP contribution in [0.5, 0.6) is 0 Å². The third-order valence-corrected chi connectivity index (χ3v) is 6.00. The Morgan fingerprint density at radius 1 is 0.828 bits per heavy atom. The minimum Gasteiger partial charge on any atom is -0.744 e. The smallest absolute Gasteiger partial charge is 0.744 e. The van der Waals surface area contributed by atoms with Crippen molar-refractivity contribution in [2.45, 2.75) is 11.3 Å². The molecule has 0 saturated carbocycles. The molecule has 0 radical (unpaired) electrons. The van der Waals surface area contributed by atoms with Gasteiger partial charge in [0.25, 0.3) is 0 Å². The first-order valence-electron chi connectivity index (χ1n) is 8.54. The summed E-state index contributed by atoms with van der Waals surface area (Å²) in [6.45, 7) is 0. The van der Waals surface area contributed by atoms with Crippen LogP contribution in [0.2, 0.25) is 0 Å². The average Bonchev–Trinajstić information content (AvgIpc) is 2.67. The summed E-state index contributed by atoms with van der Waals surface area (Å²) in [5.41, 5.74) is 3.34. The molecule has 0 fully saturated rings. The van der Waals surface area contributed by atoms with E-state index < -0.39 is 15.0 Å². The summed E-state index contributed by atoms with van der Waals surface area (Å²) in [5.74, 6) is -0.0903. The minimum atomic E-state index is -4.67. The van der Waals surface area contributed by atoms with E-state index in [4.69, 9.17) is 0 Å². The van der Waals surface area contributed by atoms with Crippen molar-refractivity contribution in [3.05, 3.63) is 87.1 Å². The van der Waals surface area contributed by atoms with Crippen LogP contribution in [0.3, 0.4) is 0 Å². The van der Waals surface area contributed by atoms with E-state index in [1.807, 2.05) is 18.2 Å². The quantitative estimate of drug-likeness (QED) is 0.231. The van der Waals surface area contributed by atoms with Crippen molar-refractivity contribution >= 4 is 37.7 Å². The van der Waals surface area contributed by atoms with Crippen molar-refractivity contribution in [3.63, 3.8) is 0 Å². The van der Waals surface area contributed by atoms with Gasteiger partial charge in [-0.15, -0.1) is 0 Å². The fraction of sp³-hybridized carbons (Fsp3) is 0.0476. The van der Waals surface area contributed by atoms with E-state index in [0.717, 1.165) is 23.3 Å². The molecule has 1 heterocycles. The second-order valence-electron chi connectivity index (χ2n) is 6.83. The van der Waals surface area contributed by atoms with Crippen LogP contribution in [0.25, 0.3) is 21.8 Å². The molecule has 1 aromatic heterocycles. The van der Waals surface area contributed by atoms with Gasteiger partial charge in [-0.3, -0.25) is 9.59 Å². The van der Waals surface area contributed by atoms with Gasteiger partial charge < -0.3 is 9.54 Å². The second kappa shape index (κ2) is 6.90. The predicted molar refractivity (Wildman–Crippen MR) is 103 cm³/mol. The number of carbonyl (C=O) groups is 1. The van der Waals surface area contributed by atoms with E-state index in [9.17, 15) is 22.6 Å². The summed E-state index contributed by atoms with van der Waals surface area (Å²) < 4.78 is 33.9. The first-order chi connectivity index (χ1) is 13.3. The maximum absolute atomic E-state index is 13.0. The molecule has 0 saturated heterocycles. The summed E-state index contributed by atoms with van der Waals surface area (Å²) in [6.07, 6.45) is 0.527. The van der Waals surface area contributed by atoms with Gasteiger partial charge in [0.15, 0.2) is 11.2 Å². The van der Waals surface area contributed by atoms with E-state index in [-0.39, 0.29) is 46.2 Å². The number of fused-ring (bicyclic) bond motifs is 4. The number of aromatic nitrogens is 1. The molecule has 5 rings (SSSR count). The largest absolute Gasteiger partial charge is 1.00 e. The standard InChI is InChI=1S/C21H13NO5S.Na/c23-20-14-4-2-1-3-11(14)7-12-8-16-19(10-15(12)20)22-18-6-5-13(28(25,26)27)9-17(18)21(16)24;/h1-6,8-10H,7H2,(H,22,24)(H,25,26,27);/q;+1/p-1. The van der Waals surface area contributed by atoms with E-state index in [1.54, 1.807) is 18.2 Å². The van der Waals surface area contributed by atoms with Gasteiger partial charge in [0, 0.05) is 27.4 Å². The van der Waals surface area contributed by atoms with Crippen molar-refractivity contribution in [1.29, 1.82) is 0 Å². The summed E-state index contributed by atoms with van der Waals surface area (Å²) in [4.78, 5) is 28.5. The van der Waals surface area contributed by atoms with Gasteiger partial charge in [0.2, 0.25) is 0 Å². The molecule has 0 spiro atoms. The summed E-state index contributed by atoms with van der Waals surface area (Å²) in [6, 6.07) is 14.3. The molecule has 0 amide bonds. The Hall–Kier alpha value is -2.29. The van der Waals surface area contributed by atoms with Crippen LogP contribution in [0, 0.1) is 0 Å². The number of hydrogen-bond acceptors (Lipinski definition) is 5. The third-order valence-electron chi connectivity index (χ3n) is 5.17. The van der Waals surface area contributed by atoms with Gasteiger partial charge in [-0.2, -0.15) is 0 Å². The number of nitrogens with one attached hydrogen (secondary N) is 1. The van der Waals surface area contributed by atoms with Gasteiger partial charge in [-0.25, -0.2) is 8.42 Å². The predicted octanol–water partition coefficient (Wildman–Crippen LogP) is -0.275. The van der Waals surface area contributed by atoms with Gasteiger partial charge in [0.05, 0.1) is 10.4 Å². The Balaban J connectivity index is 0.00000205. The number of carbonyl (C=O) groups excluding carboxylic acids is 1. The van der Waals surface area contributed by atoms with Crippen molar-refractivity contribution < 1.29 is 47.3 Å². The number of hydrogen-bond donors (Lipinski definition) is 1. The fourth-order valence-electron chi connectivity index (χ4n) is 3.81. The number of aromatic amines is 1. The second-order valence-corrected chi connectivity index (χ2v) is 8.21. The zero-order valence-corrected chi connectivity index (χ0v) is 18.2. The van der Waals surface area contributed by atoms with Gasteiger partial charge in [-0.1, -0.05) is 24.3 Å². The molecule has 29 heavy (non-hydrogen) atoms. The molecule has 1 aliphatic rings. The average molecular weight is 413 g/mol. The Morgan fingerprint density at radius 2 is 1.55 bits per heavy atom. The molecule has 0 aliphatic heterocycles. The zero-order valence-electron chi connectivity index (χ0n) is 15.4. The molecule has 1 N–H and O–H groups in total. The molecule has 0 atom stereocenters. The molecule has 0 bridgehead atoms. The monoisotopic (exact) mass is 413 g/mol. The van der Waals surface area contributed by atoms with E-state index >= 15 is 0 Å². The molecule has 0 unspecified atom stereocenters. The van der Waals surface area contributed by atoms with E-state index in [1.165, 1.54) is 6.07 Å². The van der Waals surface area contributed by atoms with Crippen molar-refractivity contribution in [1.82, 2.24) is 4.98 Å². The van der Waals surface area contributed by atoms with Crippen LogP contribution >= 0.6 is 0 Å². The Kier molecular flexibility index (Phi) is 4.76. The third kappa shape index (κ3) is 3.15. The number of benzene rings is 3. The van der Waals surface area contributed by atoms with Crippen LogP contribution in [0.4, 0.5) is 0 Å². The van der Waals surface area contributed by atoms with E-state index in [2.05, 4.69) is 4.98 Å². The van der Waals surface area contributed by atoms with Crippen LogP contribution in [-0.2, 0) is 16.5 Å². The van der Waals surface area contributed by atoms with Crippen molar-refractivity contribution in [3.8, 4) is 0 Å². The Labute approximate surface area is 187 Å². The molecule has 8 heteroatoms. The Bertz CT molecular complexity index is 1510. The summed E-state index contributed by atoms with van der Waals surface area (Å²) in [7, 11) is -4.67. The van der Waals surface area contributed by atoms with Gasteiger partial charge >= 0.3 is 29.6 Å². The molecular weight excluding hydrogens is 401 g/mol. The molecule has 1 aliphatic carbocycles. The van der Waals surface area contributed by atoms with Crippen molar-refractivity contribution in [2.75, 3.05) is 0 Å². The zero-order chi connectivity index (χ0) is 19.6. The normalized spacial score (nSPS) is 13.1. The topological polar surface area (TPSA) is 107 Å². The van der Waals surface area contributed by atoms with Crippen molar-refractivity contribution in [2.24, 2.45) is 0 Å². The summed E-state index contributed by atoms with van der Waals surface area (Å²) >= 11 is 0. The maximum atomic E-state index is 13.0. The molecule has 6 nitrogen and oxygen atoms in total. The van der Waals surface area contributed by atoms with Crippen LogP contribution < -0.4 is 35.0 Å². The maximum Gasteiger partial charge on any atom is 1.00 e. The first kappa shape index (κ1) is 20.0. The molecular formula is C21H12NNaO5S. The van der Waals surface area contributed by atoms with Crippen LogP contribution in [-0.4, -0.2) is 23.7 Å². The molecule has 138 valence electrons. The van der Waals surface area contributed by atoms with Crippen LogP contribution in [0.1, 0.15) is 27.0 Å². The molecule has 3 aromatic carbocycles. The number of pyridine rings is 1. The molecule has 4 aromatic rings. The van der Waals surface area contributed by atoms with E-state index in [0.29, 0.717) is 34.0 Å². The minimum absolute atomic E-state index is 0. The number of ketones is 1. The number of rotatable bonds is 1. The first-order valence-corrected chi connectivity index (χ1v) is 9.95.